The number of hydrogen-bond acceptors (Lipinski definition) is 2. The molecule has 0 bridgehead atoms. The van der Waals surface area contributed by atoms with Crippen molar-refractivity contribution in [3.8, 4) is 0 Å². The molecule has 0 spiro atoms. The van der Waals surface area contributed by atoms with E-state index in [1.54, 1.807) is 10.2 Å². The van der Waals surface area contributed by atoms with Gasteiger partial charge in [-0.15, -0.1) is 0 Å². The van der Waals surface area contributed by atoms with E-state index in [0.717, 1.165) is 19.3 Å². The number of likely N-dealkylation sites (tertiary alicyclic amines) is 1. The summed E-state index contributed by atoms with van der Waals surface area (Å²) < 4.78 is 36.3. The second-order valence-electron chi connectivity index (χ2n) is 5.47. The fourth-order valence-electron chi connectivity index (χ4n) is 2.38. The van der Waals surface area contributed by atoms with Gasteiger partial charge in [0, 0.05) is 18.7 Å². The van der Waals surface area contributed by atoms with Crippen LogP contribution in [0.4, 0.5) is 23.7 Å². The van der Waals surface area contributed by atoms with Crippen LogP contribution < -0.4 is 10.6 Å². The van der Waals surface area contributed by atoms with Gasteiger partial charge in [0.1, 0.15) is 6.54 Å². The zero-order valence-electron chi connectivity index (χ0n) is 12.8. The van der Waals surface area contributed by atoms with Gasteiger partial charge >= 0.3 is 12.2 Å². The molecule has 1 fully saturated rings. The fraction of sp³-hybridized carbons (Fsp3) is 0.467. The van der Waals surface area contributed by atoms with Gasteiger partial charge in [-0.05, 0) is 37.5 Å². The highest BCUT2D eigenvalue weighted by atomic mass is 35.5. The van der Waals surface area contributed by atoms with Crippen molar-refractivity contribution in [1.82, 2.24) is 10.2 Å². The molecule has 1 heterocycles. The van der Waals surface area contributed by atoms with Crippen LogP contribution in [-0.2, 0) is 0 Å². The molecule has 1 aliphatic rings. The lowest BCUT2D eigenvalue weighted by Crippen LogP contribution is -2.37. The number of nitrogens with zero attached hydrogens (tertiary/aromatic N) is 1. The van der Waals surface area contributed by atoms with Gasteiger partial charge in [0.25, 0.3) is 5.91 Å². The number of rotatable bonds is 3. The van der Waals surface area contributed by atoms with Crippen molar-refractivity contribution in [1.29, 1.82) is 0 Å². The van der Waals surface area contributed by atoms with Crippen molar-refractivity contribution < 1.29 is 22.8 Å². The molecule has 2 rings (SSSR count). The largest absolute Gasteiger partial charge is 0.405 e. The molecular formula is C15H17ClF3N3O2. The van der Waals surface area contributed by atoms with E-state index in [9.17, 15) is 22.8 Å². The molecule has 1 saturated heterocycles. The van der Waals surface area contributed by atoms with Crippen LogP contribution in [0.25, 0.3) is 0 Å². The Balaban J connectivity index is 2.05. The molecule has 2 N–H and O–H groups in total. The summed E-state index contributed by atoms with van der Waals surface area (Å²) >= 11 is 5.93. The van der Waals surface area contributed by atoms with Gasteiger partial charge in [0.2, 0.25) is 0 Å². The number of amides is 3. The van der Waals surface area contributed by atoms with Crippen LogP contribution in [0, 0.1) is 0 Å². The molecular weight excluding hydrogens is 347 g/mol. The Hall–Kier alpha value is -1.96. The summed E-state index contributed by atoms with van der Waals surface area (Å²) in [6.07, 6.45) is -1.56. The van der Waals surface area contributed by atoms with Crippen molar-refractivity contribution in [2.24, 2.45) is 0 Å². The SMILES string of the molecule is O=C(NCC(F)(F)F)Nc1cc(C(=O)N2CCCCC2)ccc1Cl. The fourth-order valence-corrected chi connectivity index (χ4v) is 2.55. The van der Waals surface area contributed by atoms with Crippen molar-refractivity contribution in [2.45, 2.75) is 25.4 Å². The lowest BCUT2D eigenvalue weighted by Gasteiger charge is -2.27. The van der Waals surface area contributed by atoms with Gasteiger partial charge in [-0.1, -0.05) is 11.6 Å². The van der Waals surface area contributed by atoms with Crippen LogP contribution in [0.2, 0.25) is 5.02 Å². The lowest BCUT2D eigenvalue weighted by atomic mass is 10.1. The molecule has 24 heavy (non-hydrogen) atoms. The quantitative estimate of drug-likeness (QED) is 0.861. The van der Waals surface area contributed by atoms with Gasteiger partial charge in [-0.25, -0.2) is 4.79 Å². The Morgan fingerprint density at radius 1 is 1.17 bits per heavy atom. The number of nitrogens with one attached hydrogen (secondary N) is 2. The number of alkyl halides is 3. The van der Waals surface area contributed by atoms with Crippen LogP contribution in [0.5, 0.6) is 0 Å². The van der Waals surface area contributed by atoms with E-state index in [1.807, 2.05) is 0 Å². The van der Waals surface area contributed by atoms with Crippen LogP contribution in [-0.4, -0.2) is 42.6 Å². The average Bonchev–Trinajstić information content (AvgIpc) is 2.54. The highest BCUT2D eigenvalue weighted by Crippen LogP contribution is 2.24. The van der Waals surface area contributed by atoms with E-state index < -0.39 is 18.8 Å². The van der Waals surface area contributed by atoms with E-state index in [4.69, 9.17) is 11.6 Å². The minimum Gasteiger partial charge on any atom is -0.339 e. The maximum absolute atomic E-state index is 12.4. The number of carbonyl (C=O) groups is 2. The maximum atomic E-state index is 12.4. The molecule has 5 nitrogen and oxygen atoms in total. The van der Waals surface area contributed by atoms with E-state index in [-0.39, 0.29) is 16.6 Å². The van der Waals surface area contributed by atoms with Gasteiger partial charge in [-0.3, -0.25) is 4.79 Å². The number of halogens is 4. The minimum atomic E-state index is -4.51. The maximum Gasteiger partial charge on any atom is 0.405 e. The number of carbonyl (C=O) groups excluding carboxylic acids is 2. The van der Waals surface area contributed by atoms with E-state index in [2.05, 4.69) is 5.32 Å². The van der Waals surface area contributed by atoms with Gasteiger partial charge in [-0.2, -0.15) is 13.2 Å². The summed E-state index contributed by atoms with van der Waals surface area (Å²) in [5.74, 6) is -0.190. The summed E-state index contributed by atoms with van der Waals surface area (Å²) in [6.45, 7) is -0.130. The van der Waals surface area contributed by atoms with Crippen LogP contribution in [0.15, 0.2) is 18.2 Å². The van der Waals surface area contributed by atoms with E-state index >= 15 is 0 Å². The van der Waals surface area contributed by atoms with Gasteiger partial charge in [0.15, 0.2) is 0 Å². The lowest BCUT2D eigenvalue weighted by molar-refractivity contribution is -0.122. The van der Waals surface area contributed by atoms with Crippen molar-refractivity contribution in [2.75, 3.05) is 25.0 Å². The number of anilines is 1. The Bertz CT molecular complexity index is 616. The zero-order chi connectivity index (χ0) is 17.7. The molecule has 0 aliphatic carbocycles. The molecule has 9 heteroatoms. The monoisotopic (exact) mass is 363 g/mol. The number of hydrogen-bond donors (Lipinski definition) is 2. The smallest absolute Gasteiger partial charge is 0.339 e. The van der Waals surface area contributed by atoms with Crippen molar-refractivity contribution in [3.63, 3.8) is 0 Å². The van der Waals surface area contributed by atoms with Crippen molar-refractivity contribution >= 4 is 29.2 Å². The number of benzene rings is 1. The third-order valence-electron chi connectivity index (χ3n) is 3.55. The normalized spacial score (nSPS) is 15.1. The molecule has 0 saturated carbocycles. The summed E-state index contributed by atoms with van der Waals surface area (Å²) in [4.78, 5) is 25.6. The standard InChI is InChI=1S/C15H17ClF3N3O2/c16-11-5-4-10(13(23)22-6-2-1-3-7-22)8-12(11)21-14(24)20-9-15(17,18)19/h4-5,8H,1-3,6-7,9H2,(H2,20,21,24). The number of urea groups is 1. The van der Waals surface area contributed by atoms with Crippen LogP contribution in [0.3, 0.4) is 0 Å². The first kappa shape index (κ1) is 18.4. The first-order valence-electron chi connectivity index (χ1n) is 7.47. The molecule has 0 radical (unpaired) electrons. The van der Waals surface area contributed by atoms with Crippen LogP contribution >= 0.6 is 11.6 Å². The predicted octanol–water partition coefficient (Wildman–Crippen LogP) is 3.65. The Labute approximate surface area is 142 Å². The highest BCUT2D eigenvalue weighted by molar-refractivity contribution is 6.33. The summed E-state index contributed by atoms with van der Waals surface area (Å²) in [6, 6.07) is 3.28. The van der Waals surface area contributed by atoms with Gasteiger partial charge in [0.05, 0.1) is 10.7 Å². The van der Waals surface area contributed by atoms with Gasteiger partial charge < -0.3 is 15.5 Å². The summed E-state index contributed by atoms with van der Waals surface area (Å²) in [7, 11) is 0. The minimum absolute atomic E-state index is 0.0826. The second-order valence-corrected chi connectivity index (χ2v) is 5.88. The van der Waals surface area contributed by atoms with Crippen molar-refractivity contribution in [3.05, 3.63) is 28.8 Å². The predicted molar refractivity (Wildman–Crippen MR) is 84.3 cm³/mol. The molecule has 1 aromatic carbocycles. The molecule has 3 amide bonds. The van der Waals surface area contributed by atoms with E-state index in [1.165, 1.54) is 18.2 Å². The second kappa shape index (κ2) is 7.74. The summed E-state index contributed by atoms with van der Waals surface area (Å²) in [5.41, 5.74) is 0.409. The number of piperidine rings is 1. The Morgan fingerprint density at radius 3 is 2.46 bits per heavy atom. The Morgan fingerprint density at radius 2 is 1.83 bits per heavy atom. The Kier molecular flexibility index (Phi) is 5.93. The molecule has 0 unspecified atom stereocenters. The first-order valence-corrected chi connectivity index (χ1v) is 7.84. The molecule has 1 aliphatic heterocycles. The topological polar surface area (TPSA) is 61.4 Å². The third-order valence-corrected chi connectivity index (χ3v) is 3.88. The molecule has 0 atom stereocenters. The third kappa shape index (κ3) is 5.30. The highest BCUT2D eigenvalue weighted by Gasteiger charge is 2.28. The molecule has 132 valence electrons. The first-order chi connectivity index (χ1) is 11.3. The zero-order valence-corrected chi connectivity index (χ0v) is 13.5. The molecule has 0 aromatic heterocycles. The van der Waals surface area contributed by atoms with E-state index in [0.29, 0.717) is 18.7 Å². The molecule has 1 aromatic rings. The summed E-state index contributed by atoms with van der Waals surface area (Å²) in [5, 5.41) is 4.04. The van der Waals surface area contributed by atoms with Crippen LogP contribution in [0.1, 0.15) is 29.6 Å². The average molecular weight is 364 g/mol.